The summed E-state index contributed by atoms with van der Waals surface area (Å²) in [6.07, 6.45) is 3.63. The van der Waals surface area contributed by atoms with E-state index in [4.69, 9.17) is 12.2 Å². The maximum Gasteiger partial charge on any atom is 0.272 e. The number of thiocarbonyl (C=S) groups is 1. The lowest BCUT2D eigenvalue weighted by molar-refractivity contribution is -0.385. The number of hydrogen-bond donors (Lipinski definition) is 2. The van der Waals surface area contributed by atoms with Crippen LogP contribution in [0.2, 0.25) is 0 Å². The molecule has 108 valence electrons. The number of hydrazone groups is 1. The van der Waals surface area contributed by atoms with Crippen molar-refractivity contribution in [3.8, 4) is 0 Å². The predicted octanol–water partition coefficient (Wildman–Crippen LogP) is 2.50. The van der Waals surface area contributed by atoms with Gasteiger partial charge < -0.3 is 5.32 Å². The zero-order valence-electron chi connectivity index (χ0n) is 11.5. The van der Waals surface area contributed by atoms with Crippen molar-refractivity contribution < 1.29 is 4.92 Å². The Bertz CT molecular complexity index is 517. The number of nitro benzene ring substituents is 1. The molecule has 0 fully saturated rings. The van der Waals surface area contributed by atoms with Crippen LogP contribution in [0.15, 0.2) is 23.3 Å². The topological polar surface area (TPSA) is 79.6 Å². The third kappa shape index (κ3) is 5.31. The minimum absolute atomic E-state index is 0.0811. The zero-order valence-corrected chi connectivity index (χ0v) is 12.4. The molecule has 0 bridgehead atoms. The Hall–Kier alpha value is -2.02. The molecule has 0 aliphatic heterocycles. The minimum Gasteiger partial charge on any atom is -0.361 e. The van der Waals surface area contributed by atoms with Crippen molar-refractivity contribution in [3.63, 3.8) is 0 Å². The van der Waals surface area contributed by atoms with Crippen molar-refractivity contribution in [3.05, 3.63) is 39.4 Å². The molecule has 0 amide bonds. The monoisotopic (exact) mass is 294 g/mol. The first-order valence-electron chi connectivity index (χ1n) is 6.36. The summed E-state index contributed by atoms with van der Waals surface area (Å²) in [5, 5.41) is 18.2. The first-order valence-corrected chi connectivity index (χ1v) is 6.77. The number of aryl methyl sites for hydroxylation is 1. The lowest BCUT2D eigenvalue weighted by Gasteiger charge is -2.05. The van der Waals surface area contributed by atoms with Gasteiger partial charge in [0.1, 0.15) is 0 Å². The van der Waals surface area contributed by atoms with E-state index >= 15 is 0 Å². The Balaban J connectivity index is 2.56. The highest BCUT2D eigenvalue weighted by Crippen LogP contribution is 2.18. The maximum atomic E-state index is 10.8. The molecule has 0 heterocycles. The second-order valence-corrected chi connectivity index (χ2v) is 4.69. The van der Waals surface area contributed by atoms with Crippen molar-refractivity contribution in [2.75, 3.05) is 6.54 Å². The van der Waals surface area contributed by atoms with Crippen LogP contribution in [-0.4, -0.2) is 22.8 Å². The van der Waals surface area contributed by atoms with E-state index in [0.717, 1.165) is 19.4 Å². The number of nitrogens with zero attached hydrogens (tertiary/aromatic N) is 2. The molecule has 1 rings (SSSR count). The highest BCUT2D eigenvalue weighted by atomic mass is 32.1. The summed E-state index contributed by atoms with van der Waals surface area (Å²) in [5.74, 6) is 0. The molecule has 0 saturated heterocycles. The second kappa shape index (κ2) is 8.21. The molecular formula is C13H18N4O2S. The van der Waals surface area contributed by atoms with Crippen LogP contribution >= 0.6 is 12.2 Å². The van der Waals surface area contributed by atoms with Crippen molar-refractivity contribution in [2.24, 2.45) is 5.10 Å². The van der Waals surface area contributed by atoms with E-state index < -0.39 is 4.92 Å². The van der Waals surface area contributed by atoms with Crippen LogP contribution in [-0.2, 0) is 0 Å². The number of nitro groups is 1. The summed E-state index contributed by atoms with van der Waals surface area (Å²) in [5.41, 5.74) is 4.02. The van der Waals surface area contributed by atoms with Crippen LogP contribution in [0.1, 0.15) is 30.9 Å². The molecule has 1 aromatic rings. The number of benzene rings is 1. The summed E-state index contributed by atoms with van der Waals surface area (Å²) in [6, 6.07) is 4.94. The second-order valence-electron chi connectivity index (χ2n) is 4.28. The van der Waals surface area contributed by atoms with E-state index in [1.54, 1.807) is 19.1 Å². The molecule has 0 aliphatic rings. The Labute approximate surface area is 123 Å². The fourth-order valence-corrected chi connectivity index (χ4v) is 1.64. The molecule has 0 atom stereocenters. The predicted molar refractivity (Wildman–Crippen MR) is 84.1 cm³/mol. The van der Waals surface area contributed by atoms with Gasteiger partial charge in [0.15, 0.2) is 5.11 Å². The summed E-state index contributed by atoms with van der Waals surface area (Å²) < 4.78 is 0. The quantitative estimate of drug-likeness (QED) is 0.277. The first kappa shape index (κ1) is 16.0. The van der Waals surface area contributed by atoms with Crippen LogP contribution < -0.4 is 10.7 Å². The molecule has 0 unspecified atom stereocenters. The van der Waals surface area contributed by atoms with Crippen LogP contribution in [0, 0.1) is 17.0 Å². The number of rotatable bonds is 6. The van der Waals surface area contributed by atoms with Gasteiger partial charge >= 0.3 is 0 Å². The zero-order chi connectivity index (χ0) is 15.0. The number of nitrogens with one attached hydrogen (secondary N) is 2. The van der Waals surface area contributed by atoms with Crippen LogP contribution in [0.5, 0.6) is 0 Å². The molecule has 0 saturated carbocycles. The summed E-state index contributed by atoms with van der Waals surface area (Å²) in [4.78, 5) is 10.4. The largest absolute Gasteiger partial charge is 0.361 e. The fraction of sp³-hybridized carbons (Fsp3) is 0.385. The van der Waals surface area contributed by atoms with Crippen LogP contribution in [0.4, 0.5) is 5.69 Å². The molecule has 0 aromatic heterocycles. The average molecular weight is 294 g/mol. The maximum absolute atomic E-state index is 10.8. The van der Waals surface area contributed by atoms with E-state index in [1.165, 1.54) is 12.3 Å². The molecular weight excluding hydrogens is 276 g/mol. The highest BCUT2D eigenvalue weighted by Gasteiger charge is 2.09. The Morgan fingerprint density at radius 2 is 2.30 bits per heavy atom. The molecule has 1 aromatic carbocycles. The first-order chi connectivity index (χ1) is 9.54. The van der Waals surface area contributed by atoms with Gasteiger partial charge in [-0.05, 0) is 25.6 Å². The van der Waals surface area contributed by atoms with Crippen LogP contribution in [0.25, 0.3) is 0 Å². The van der Waals surface area contributed by atoms with Gasteiger partial charge in [-0.15, -0.1) is 0 Å². The highest BCUT2D eigenvalue weighted by molar-refractivity contribution is 7.80. The molecule has 20 heavy (non-hydrogen) atoms. The van der Waals surface area contributed by atoms with Gasteiger partial charge in [-0.1, -0.05) is 25.5 Å². The van der Waals surface area contributed by atoms with Gasteiger partial charge in [0.05, 0.1) is 11.1 Å². The summed E-state index contributed by atoms with van der Waals surface area (Å²) >= 11 is 5.03. The Kier molecular flexibility index (Phi) is 6.58. The van der Waals surface area contributed by atoms with Crippen molar-refractivity contribution >= 4 is 29.2 Å². The van der Waals surface area contributed by atoms with Crippen molar-refractivity contribution in [2.45, 2.75) is 26.7 Å². The third-order valence-corrected chi connectivity index (χ3v) is 2.86. The molecule has 0 aliphatic carbocycles. The van der Waals surface area contributed by atoms with Crippen LogP contribution in [0.3, 0.4) is 0 Å². The molecule has 7 heteroatoms. The molecule has 0 radical (unpaired) electrons. The molecule has 2 N–H and O–H groups in total. The lowest BCUT2D eigenvalue weighted by atomic mass is 10.1. The standard InChI is InChI=1S/C13H18N4O2S/c1-3-4-7-14-13(20)16-15-9-11-6-5-10(2)12(8-11)17(18)19/h5-6,8-9H,3-4,7H2,1-2H3,(H2,14,16,20)/b15-9-. The van der Waals surface area contributed by atoms with Gasteiger partial charge in [-0.2, -0.15) is 5.10 Å². The number of hydrogen-bond acceptors (Lipinski definition) is 4. The van der Waals surface area contributed by atoms with Crippen molar-refractivity contribution in [1.82, 2.24) is 10.7 Å². The van der Waals surface area contributed by atoms with E-state index in [0.29, 0.717) is 16.2 Å². The minimum atomic E-state index is -0.406. The number of unbranched alkanes of at least 4 members (excludes halogenated alkanes) is 1. The van der Waals surface area contributed by atoms with Crippen molar-refractivity contribution in [1.29, 1.82) is 0 Å². The van der Waals surface area contributed by atoms with E-state index in [9.17, 15) is 10.1 Å². The van der Waals surface area contributed by atoms with E-state index in [1.807, 2.05) is 0 Å². The van der Waals surface area contributed by atoms with Gasteiger partial charge in [-0.3, -0.25) is 15.5 Å². The van der Waals surface area contributed by atoms with E-state index in [2.05, 4.69) is 22.8 Å². The van der Waals surface area contributed by atoms with Gasteiger partial charge in [0.25, 0.3) is 5.69 Å². The third-order valence-electron chi connectivity index (χ3n) is 2.63. The summed E-state index contributed by atoms with van der Waals surface area (Å²) in [7, 11) is 0. The van der Waals surface area contributed by atoms with Gasteiger partial charge in [0, 0.05) is 23.7 Å². The van der Waals surface area contributed by atoms with E-state index in [-0.39, 0.29) is 5.69 Å². The normalized spacial score (nSPS) is 10.5. The smallest absolute Gasteiger partial charge is 0.272 e. The molecule has 0 spiro atoms. The average Bonchev–Trinajstić information content (AvgIpc) is 2.40. The Morgan fingerprint density at radius 1 is 1.55 bits per heavy atom. The Morgan fingerprint density at radius 3 is 2.95 bits per heavy atom. The lowest BCUT2D eigenvalue weighted by Crippen LogP contribution is -2.32. The van der Waals surface area contributed by atoms with Gasteiger partial charge in [-0.25, -0.2) is 0 Å². The summed E-state index contributed by atoms with van der Waals surface area (Å²) in [6.45, 7) is 4.60. The fourth-order valence-electron chi connectivity index (χ4n) is 1.49. The molecule has 6 nitrogen and oxygen atoms in total. The van der Waals surface area contributed by atoms with Gasteiger partial charge in [0.2, 0.25) is 0 Å². The SMILES string of the molecule is CCCCNC(=S)N/N=C\c1ccc(C)c([N+](=O)[O-])c1.